The zero-order valence-corrected chi connectivity index (χ0v) is 11.2. The molecule has 0 radical (unpaired) electrons. The number of thiocarbonyl (C=S) groups is 1. The van der Waals surface area contributed by atoms with Crippen LogP contribution in [0.2, 0.25) is 0 Å². The van der Waals surface area contributed by atoms with Crippen LogP contribution < -0.4 is 15.3 Å². The number of carbonyl (C=O) groups is 2. The maximum absolute atomic E-state index is 12.4. The Hall–Kier alpha value is -1.95. The zero-order valence-electron chi connectivity index (χ0n) is 10.4. The number of amides is 1. The SMILES string of the molecule is CC1(CCC(=O)[O-])NC(=S)N(c2ccccc2)C1=O. The molecule has 1 atom stereocenters. The van der Waals surface area contributed by atoms with Crippen molar-refractivity contribution in [3.63, 3.8) is 0 Å². The molecule has 1 unspecified atom stereocenters. The second-order valence-corrected chi connectivity index (χ2v) is 5.00. The molecule has 0 aromatic heterocycles. The van der Waals surface area contributed by atoms with Gasteiger partial charge in [-0.25, -0.2) is 0 Å². The monoisotopic (exact) mass is 277 g/mol. The van der Waals surface area contributed by atoms with E-state index in [9.17, 15) is 14.7 Å². The molecule has 0 spiro atoms. The van der Waals surface area contributed by atoms with E-state index in [4.69, 9.17) is 12.2 Å². The molecule has 1 N–H and O–H groups in total. The molecule has 19 heavy (non-hydrogen) atoms. The highest BCUT2D eigenvalue weighted by molar-refractivity contribution is 7.80. The molecule has 0 bridgehead atoms. The van der Waals surface area contributed by atoms with Crippen LogP contribution in [0.5, 0.6) is 0 Å². The van der Waals surface area contributed by atoms with Gasteiger partial charge >= 0.3 is 0 Å². The van der Waals surface area contributed by atoms with Gasteiger partial charge < -0.3 is 15.2 Å². The second kappa shape index (κ2) is 4.97. The van der Waals surface area contributed by atoms with E-state index in [1.165, 1.54) is 4.90 Å². The number of benzene rings is 1. The molecule has 1 aliphatic heterocycles. The van der Waals surface area contributed by atoms with Gasteiger partial charge in [0.15, 0.2) is 5.11 Å². The third-order valence-corrected chi connectivity index (χ3v) is 3.39. The number of nitrogens with zero attached hydrogens (tertiary/aromatic N) is 1. The van der Waals surface area contributed by atoms with Gasteiger partial charge in [0, 0.05) is 5.97 Å². The van der Waals surface area contributed by atoms with Crippen LogP contribution in [0.1, 0.15) is 19.8 Å². The summed E-state index contributed by atoms with van der Waals surface area (Å²) in [5.74, 6) is -1.43. The van der Waals surface area contributed by atoms with E-state index >= 15 is 0 Å². The highest BCUT2D eigenvalue weighted by Gasteiger charge is 2.45. The molecule has 6 heteroatoms. The number of para-hydroxylation sites is 1. The standard InChI is InChI=1S/C13H14N2O3S/c1-13(8-7-10(16)17)11(18)15(12(19)14-13)9-5-3-2-4-6-9/h2-6H,7-8H2,1H3,(H,14,19)(H,16,17)/p-1. The number of hydrogen-bond acceptors (Lipinski definition) is 4. The van der Waals surface area contributed by atoms with Gasteiger partial charge in [-0.1, -0.05) is 18.2 Å². The molecule has 100 valence electrons. The van der Waals surface area contributed by atoms with Crippen molar-refractivity contribution in [1.82, 2.24) is 5.32 Å². The molecule has 2 rings (SSSR count). The molecule has 1 aliphatic rings. The second-order valence-electron chi connectivity index (χ2n) is 4.61. The fraction of sp³-hybridized carbons (Fsp3) is 0.308. The lowest BCUT2D eigenvalue weighted by atomic mass is 9.96. The van der Waals surface area contributed by atoms with E-state index in [2.05, 4.69) is 5.32 Å². The van der Waals surface area contributed by atoms with Crippen LogP contribution in [0.4, 0.5) is 5.69 Å². The maximum Gasteiger partial charge on any atom is 0.258 e. The molecule has 0 aliphatic carbocycles. The molecule has 5 nitrogen and oxygen atoms in total. The van der Waals surface area contributed by atoms with Gasteiger partial charge in [-0.3, -0.25) is 9.69 Å². The van der Waals surface area contributed by atoms with Gasteiger partial charge in [-0.15, -0.1) is 0 Å². The van der Waals surface area contributed by atoms with Gasteiger partial charge in [-0.2, -0.15) is 0 Å². The number of aliphatic carboxylic acids is 1. The van der Waals surface area contributed by atoms with Gasteiger partial charge in [0.1, 0.15) is 5.54 Å². The van der Waals surface area contributed by atoms with Crippen LogP contribution in [-0.2, 0) is 9.59 Å². The topological polar surface area (TPSA) is 72.5 Å². The summed E-state index contributed by atoms with van der Waals surface area (Å²) in [6.45, 7) is 1.65. The lowest BCUT2D eigenvalue weighted by molar-refractivity contribution is -0.306. The third kappa shape index (κ3) is 2.58. The molecule has 1 saturated heterocycles. The number of carboxylic acid groups (broad SMARTS) is 1. The fourth-order valence-corrected chi connectivity index (χ4v) is 2.43. The molecule has 1 aromatic carbocycles. The van der Waals surface area contributed by atoms with Crippen LogP contribution in [-0.4, -0.2) is 22.5 Å². The molecular weight excluding hydrogens is 264 g/mol. The van der Waals surface area contributed by atoms with E-state index in [1.54, 1.807) is 19.1 Å². The lowest BCUT2D eigenvalue weighted by Crippen LogP contribution is -2.45. The average molecular weight is 277 g/mol. The Morgan fingerprint density at radius 3 is 2.63 bits per heavy atom. The van der Waals surface area contributed by atoms with Crippen LogP contribution in [0.3, 0.4) is 0 Å². The number of carbonyl (C=O) groups excluding carboxylic acids is 2. The quantitative estimate of drug-likeness (QED) is 0.796. The van der Waals surface area contributed by atoms with E-state index in [0.29, 0.717) is 5.69 Å². The first-order chi connectivity index (χ1) is 8.94. The summed E-state index contributed by atoms with van der Waals surface area (Å²) in [4.78, 5) is 24.3. The van der Waals surface area contributed by atoms with E-state index in [1.807, 2.05) is 18.2 Å². The molecule has 1 heterocycles. The first kappa shape index (κ1) is 13.5. The summed E-state index contributed by atoms with van der Waals surface area (Å²) in [7, 11) is 0. The van der Waals surface area contributed by atoms with Crippen molar-refractivity contribution in [3.05, 3.63) is 30.3 Å². The third-order valence-electron chi connectivity index (χ3n) is 3.10. The highest BCUT2D eigenvalue weighted by Crippen LogP contribution is 2.27. The predicted octanol–water partition coefficient (Wildman–Crippen LogP) is 0.196. The largest absolute Gasteiger partial charge is 0.550 e. The number of hydrogen-bond donors (Lipinski definition) is 1. The van der Waals surface area contributed by atoms with Crippen molar-refractivity contribution in [2.45, 2.75) is 25.3 Å². The molecule has 1 amide bonds. The van der Waals surface area contributed by atoms with Crippen LogP contribution >= 0.6 is 12.2 Å². The first-order valence-electron chi connectivity index (χ1n) is 5.86. The van der Waals surface area contributed by atoms with Gasteiger partial charge in [0.05, 0.1) is 5.69 Å². The van der Waals surface area contributed by atoms with Crippen molar-refractivity contribution >= 4 is 34.9 Å². The normalized spacial score (nSPS) is 22.5. The Balaban J connectivity index is 2.23. The number of rotatable bonds is 4. The van der Waals surface area contributed by atoms with Crippen LogP contribution in [0, 0.1) is 0 Å². The molecular formula is C13H13N2O3S-. The smallest absolute Gasteiger partial charge is 0.258 e. The Morgan fingerprint density at radius 2 is 2.05 bits per heavy atom. The van der Waals surface area contributed by atoms with Crippen molar-refractivity contribution in [2.24, 2.45) is 0 Å². The Morgan fingerprint density at radius 1 is 1.42 bits per heavy atom. The van der Waals surface area contributed by atoms with Gasteiger partial charge in [0.25, 0.3) is 5.91 Å². The maximum atomic E-state index is 12.4. The minimum atomic E-state index is -1.18. The zero-order chi connectivity index (χ0) is 14.0. The van der Waals surface area contributed by atoms with E-state index < -0.39 is 11.5 Å². The minimum absolute atomic E-state index is 0.137. The van der Waals surface area contributed by atoms with Crippen molar-refractivity contribution in [1.29, 1.82) is 0 Å². The molecule has 0 saturated carbocycles. The molecule has 1 aromatic rings. The van der Waals surface area contributed by atoms with Gasteiger partial charge in [-0.05, 0) is 44.1 Å². The van der Waals surface area contributed by atoms with Crippen molar-refractivity contribution in [3.8, 4) is 0 Å². The lowest BCUT2D eigenvalue weighted by Gasteiger charge is -2.22. The fourth-order valence-electron chi connectivity index (χ4n) is 2.02. The summed E-state index contributed by atoms with van der Waals surface area (Å²) >= 11 is 5.16. The first-order valence-corrected chi connectivity index (χ1v) is 6.26. The summed E-state index contributed by atoms with van der Waals surface area (Å²) in [5.41, 5.74) is -0.324. The Labute approximate surface area is 116 Å². The number of carboxylic acids is 1. The highest BCUT2D eigenvalue weighted by atomic mass is 32.1. The summed E-state index contributed by atoms with van der Waals surface area (Å²) in [6.07, 6.45) is -0.0574. The van der Waals surface area contributed by atoms with Crippen molar-refractivity contribution in [2.75, 3.05) is 4.90 Å². The molecule has 1 fully saturated rings. The number of nitrogens with one attached hydrogen (secondary N) is 1. The summed E-state index contributed by atoms with van der Waals surface area (Å²) in [6, 6.07) is 9.01. The average Bonchev–Trinajstić information content (AvgIpc) is 2.59. The summed E-state index contributed by atoms with van der Waals surface area (Å²) < 4.78 is 0. The summed E-state index contributed by atoms with van der Waals surface area (Å²) in [5, 5.41) is 13.7. The Bertz CT molecular complexity index is 532. The number of anilines is 1. The van der Waals surface area contributed by atoms with Crippen LogP contribution in [0.25, 0.3) is 0 Å². The van der Waals surface area contributed by atoms with Crippen molar-refractivity contribution < 1.29 is 14.7 Å². The minimum Gasteiger partial charge on any atom is -0.550 e. The van der Waals surface area contributed by atoms with E-state index in [0.717, 1.165) is 0 Å². The van der Waals surface area contributed by atoms with E-state index in [-0.39, 0.29) is 23.9 Å². The van der Waals surface area contributed by atoms with Gasteiger partial charge in [0.2, 0.25) is 0 Å². The predicted molar refractivity (Wildman–Crippen MR) is 72.3 cm³/mol. The Kier molecular flexibility index (Phi) is 3.53. The van der Waals surface area contributed by atoms with Crippen LogP contribution in [0.15, 0.2) is 30.3 Å².